The molecule has 1 unspecified atom stereocenters. The molecule has 1 saturated heterocycles. The lowest BCUT2D eigenvalue weighted by Crippen LogP contribution is -2.25. The van der Waals surface area contributed by atoms with Gasteiger partial charge in [-0.05, 0) is 24.3 Å². The Hall–Kier alpha value is -3.78. The largest absolute Gasteiger partial charge is 0.471 e. The maximum atomic E-state index is 13.3. The fraction of sp³-hybridized carbons (Fsp3) is 0.217. The molecule has 0 saturated carbocycles. The monoisotopic (exact) mass is 413 g/mol. The molecule has 0 radical (unpaired) electrons. The van der Waals surface area contributed by atoms with E-state index in [-0.39, 0.29) is 18.2 Å². The van der Waals surface area contributed by atoms with Crippen molar-refractivity contribution < 1.29 is 9.47 Å². The van der Waals surface area contributed by atoms with Gasteiger partial charge in [0.25, 0.3) is 5.56 Å². The number of aromatic nitrogens is 5. The standard InChI is InChI=1S/C23H19N5O3/c29-23-17-6-2-4-8-19(17)28-21(9-11-24-28)27(23)13-20-25-18-7-3-1-5-16(18)22(26-20)31-15-10-12-30-14-15/h1-9,11,15H,10,12-14H2. The summed E-state index contributed by atoms with van der Waals surface area (Å²) in [7, 11) is 0. The quantitative estimate of drug-likeness (QED) is 0.451. The molecule has 4 heterocycles. The van der Waals surface area contributed by atoms with Crippen LogP contribution in [0, 0.1) is 0 Å². The lowest BCUT2D eigenvalue weighted by molar-refractivity contribution is 0.139. The van der Waals surface area contributed by atoms with Gasteiger partial charge in [-0.1, -0.05) is 24.3 Å². The highest BCUT2D eigenvalue weighted by Crippen LogP contribution is 2.25. The van der Waals surface area contributed by atoms with E-state index in [2.05, 4.69) is 5.10 Å². The Morgan fingerprint density at radius 3 is 2.74 bits per heavy atom. The van der Waals surface area contributed by atoms with E-state index in [9.17, 15) is 4.79 Å². The Bertz CT molecular complexity index is 1480. The van der Waals surface area contributed by atoms with E-state index in [0.29, 0.717) is 36.0 Å². The molecular weight excluding hydrogens is 394 g/mol. The van der Waals surface area contributed by atoms with Gasteiger partial charge in [-0.15, -0.1) is 0 Å². The van der Waals surface area contributed by atoms with E-state index in [1.165, 1.54) is 0 Å². The Morgan fingerprint density at radius 1 is 1.03 bits per heavy atom. The van der Waals surface area contributed by atoms with Crippen molar-refractivity contribution in [3.63, 3.8) is 0 Å². The van der Waals surface area contributed by atoms with Crippen LogP contribution in [0.2, 0.25) is 0 Å². The first-order valence-electron chi connectivity index (χ1n) is 10.2. The summed E-state index contributed by atoms with van der Waals surface area (Å²) in [5.41, 5.74) is 2.13. The van der Waals surface area contributed by atoms with Gasteiger partial charge in [0.2, 0.25) is 5.88 Å². The summed E-state index contributed by atoms with van der Waals surface area (Å²) in [5, 5.41) is 5.85. The second-order valence-electron chi connectivity index (χ2n) is 7.58. The van der Waals surface area contributed by atoms with Crippen LogP contribution >= 0.6 is 0 Å². The molecule has 0 bridgehead atoms. The van der Waals surface area contributed by atoms with Crippen LogP contribution in [0.3, 0.4) is 0 Å². The smallest absolute Gasteiger partial charge is 0.262 e. The maximum absolute atomic E-state index is 13.3. The first-order chi connectivity index (χ1) is 15.3. The fourth-order valence-corrected chi connectivity index (χ4v) is 4.09. The van der Waals surface area contributed by atoms with Crippen LogP contribution in [0.5, 0.6) is 5.88 Å². The van der Waals surface area contributed by atoms with Gasteiger partial charge in [-0.3, -0.25) is 9.36 Å². The van der Waals surface area contributed by atoms with Crippen molar-refractivity contribution >= 4 is 27.5 Å². The Morgan fingerprint density at radius 2 is 1.87 bits per heavy atom. The summed E-state index contributed by atoms with van der Waals surface area (Å²) in [6.07, 6.45) is 2.48. The van der Waals surface area contributed by atoms with Crippen molar-refractivity contribution in [1.29, 1.82) is 0 Å². The van der Waals surface area contributed by atoms with Crippen LogP contribution in [0.15, 0.2) is 65.6 Å². The molecule has 0 aliphatic carbocycles. The molecule has 1 fully saturated rings. The van der Waals surface area contributed by atoms with Crippen LogP contribution in [-0.4, -0.2) is 43.5 Å². The zero-order valence-electron chi connectivity index (χ0n) is 16.6. The van der Waals surface area contributed by atoms with Crippen LogP contribution in [-0.2, 0) is 11.3 Å². The van der Waals surface area contributed by atoms with Crippen LogP contribution < -0.4 is 10.3 Å². The van der Waals surface area contributed by atoms with Gasteiger partial charge in [0.1, 0.15) is 11.8 Å². The number of fused-ring (bicyclic) bond motifs is 4. The van der Waals surface area contributed by atoms with Crippen molar-refractivity contribution in [2.45, 2.75) is 19.1 Å². The third-order valence-corrected chi connectivity index (χ3v) is 5.59. The lowest BCUT2D eigenvalue weighted by Gasteiger charge is -2.15. The van der Waals surface area contributed by atoms with Gasteiger partial charge >= 0.3 is 0 Å². The average Bonchev–Trinajstić information content (AvgIpc) is 3.49. The van der Waals surface area contributed by atoms with Crippen molar-refractivity contribution in [2.75, 3.05) is 13.2 Å². The van der Waals surface area contributed by atoms with Gasteiger partial charge in [0.15, 0.2) is 5.82 Å². The summed E-state index contributed by atoms with van der Waals surface area (Å²) in [6, 6.07) is 17.0. The molecule has 0 N–H and O–H groups in total. The molecule has 2 aromatic carbocycles. The number of hydrogen-bond donors (Lipinski definition) is 0. The molecule has 5 aromatic rings. The van der Waals surface area contributed by atoms with Crippen molar-refractivity contribution in [2.24, 2.45) is 0 Å². The van der Waals surface area contributed by atoms with Gasteiger partial charge < -0.3 is 9.47 Å². The number of rotatable bonds is 4. The number of benzene rings is 2. The molecule has 0 amide bonds. The molecule has 8 heteroatoms. The topological polar surface area (TPSA) is 83.5 Å². The van der Waals surface area contributed by atoms with Gasteiger partial charge in [0, 0.05) is 12.5 Å². The van der Waals surface area contributed by atoms with Crippen LogP contribution in [0.4, 0.5) is 0 Å². The minimum atomic E-state index is -0.105. The molecule has 1 aliphatic heterocycles. The van der Waals surface area contributed by atoms with E-state index in [1.54, 1.807) is 15.3 Å². The average molecular weight is 413 g/mol. The minimum Gasteiger partial charge on any atom is -0.471 e. The molecular formula is C23H19N5O3. The Balaban J connectivity index is 1.50. The SMILES string of the molecule is O=c1c2ccccc2n2nccc2n1Cc1nc(OC2CCOC2)c2ccccc2n1. The minimum absolute atomic E-state index is 0.0314. The number of para-hydroxylation sites is 2. The zero-order valence-corrected chi connectivity index (χ0v) is 16.6. The van der Waals surface area contributed by atoms with Crippen molar-refractivity contribution in [3.8, 4) is 5.88 Å². The Labute approximate surface area is 176 Å². The van der Waals surface area contributed by atoms with Crippen molar-refractivity contribution in [1.82, 2.24) is 24.1 Å². The van der Waals surface area contributed by atoms with E-state index >= 15 is 0 Å². The number of hydrogen-bond acceptors (Lipinski definition) is 6. The predicted molar refractivity (Wildman–Crippen MR) is 115 cm³/mol. The molecule has 1 atom stereocenters. The Kier molecular flexibility index (Phi) is 4.17. The third-order valence-electron chi connectivity index (χ3n) is 5.59. The molecule has 0 spiro atoms. The van der Waals surface area contributed by atoms with Crippen LogP contribution in [0.25, 0.3) is 27.5 Å². The van der Waals surface area contributed by atoms with E-state index < -0.39 is 0 Å². The summed E-state index contributed by atoms with van der Waals surface area (Å²) < 4.78 is 15.0. The van der Waals surface area contributed by atoms with Crippen molar-refractivity contribution in [3.05, 3.63) is 77.0 Å². The molecule has 3 aromatic heterocycles. The van der Waals surface area contributed by atoms with Gasteiger partial charge in [-0.25, -0.2) is 9.50 Å². The molecule has 31 heavy (non-hydrogen) atoms. The normalized spacial score (nSPS) is 16.5. The van der Waals surface area contributed by atoms with E-state index in [0.717, 1.165) is 22.8 Å². The highest BCUT2D eigenvalue weighted by molar-refractivity contribution is 5.83. The fourth-order valence-electron chi connectivity index (χ4n) is 4.09. The van der Waals surface area contributed by atoms with Gasteiger partial charge in [0.05, 0.1) is 47.8 Å². The molecule has 154 valence electrons. The van der Waals surface area contributed by atoms with Crippen LogP contribution in [0.1, 0.15) is 12.2 Å². The summed E-state index contributed by atoms with van der Waals surface area (Å²) >= 11 is 0. The van der Waals surface area contributed by atoms with E-state index in [1.807, 2.05) is 54.6 Å². The highest BCUT2D eigenvalue weighted by atomic mass is 16.5. The maximum Gasteiger partial charge on any atom is 0.262 e. The van der Waals surface area contributed by atoms with Gasteiger partial charge in [-0.2, -0.15) is 10.1 Å². The number of ether oxygens (including phenoxy) is 2. The molecule has 6 rings (SSSR count). The predicted octanol–water partition coefficient (Wildman–Crippen LogP) is 2.81. The molecule has 8 nitrogen and oxygen atoms in total. The third kappa shape index (κ3) is 3.03. The summed E-state index contributed by atoms with van der Waals surface area (Å²) in [4.78, 5) is 22.7. The summed E-state index contributed by atoms with van der Waals surface area (Å²) in [5.74, 6) is 1.03. The lowest BCUT2D eigenvalue weighted by atomic mass is 10.2. The second kappa shape index (κ2) is 7.17. The van der Waals surface area contributed by atoms with E-state index in [4.69, 9.17) is 19.4 Å². The first kappa shape index (κ1) is 18.0. The number of nitrogens with zero attached hydrogens (tertiary/aromatic N) is 5. The molecule has 1 aliphatic rings. The highest BCUT2D eigenvalue weighted by Gasteiger charge is 2.20. The summed E-state index contributed by atoms with van der Waals surface area (Å²) in [6.45, 7) is 1.45. The zero-order chi connectivity index (χ0) is 20.8. The second-order valence-corrected chi connectivity index (χ2v) is 7.58. The first-order valence-corrected chi connectivity index (χ1v) is 10.2.